The zero-order chi connectivity index (χ0) is 16.6. The second-order valence-corrected chi connectivity index (χ2v) is 7.05. The van der Waals surface area contributed by atoms with Crippen LogP contribution in [0.1, 0.15) is 26.5 Å². The lowest BCUT2D eigenvalue weighted by atomic mass is 9.92. The summed E-state index contributed by atoms with van der Waals surface area (Å²) in [6.07, 6.45) is 1.92. The van der Waals surface area contributed by atoms with E-state index >= 15 is 0 Å². The Labute approximate surface area is 144 Å². The van der Waals surface area contributed by atoms with Gasteiger partial charge in [0.1, 0.15) is 11.3 Å². The average molecular weight is 347 g/mol. The zero-order valence-corrected chi connectivity index (χ0v) is 14.6. The van der Waals surface area contributed by atoms with E-state index in [0.29, 0.717) is 21.6 Å². The number of azo groups is 1. The highest BCUT2D eigenvalue weighted by atomic mass is 35.5. The first-order chi connectivity index (χ1) is 10.9. The lowest BCUT2D eigenvalue weighted by Gasteiger charge is -2.15. The van der Waals surface area contributed by atoms with Crippen LogP contribution in [0, 0.1) is 0 Å². The van der Waals surface area contributed by atoms with Gasteiger partial charge in [0.25, 0.3) is 0 Å². The van der Waals surface area contributed by atoms with Crippen LogP contribution in [0.25, 0.3) is 5.65 Å². The number of fused-ring (bicyclic) bond motifs is 1. The van der Waals surface area contributed by atoms with E-state index in [1.165, 1.54) is 0 Å². The van der Waals surface area contributed by atoms with Crippen LogP contribution in [-0.4, -0.2) is 9.38 Å². The molecule has 4 nitrogen and oxygen atoms in total. The fourth-order valence-electron chi connectivity index (χ4n) is 2.26. The van der Waals surface area contributed by atoms with E-state index in [1.54, 1.807) is 18.2 Å². The minimum Gasteiger partial charge on any atom is -0.283 e. The Morgan fingerprint density at radius 1 is 0.957 bits per heavy atom. The van der Waals surface area contributed by atoms with Gasteiger partial charge in [-0.3, -0.25) is 4.40 Å². The standard InChI is InChI=1S/C17H16Cl2N4/c1-17(2,3)15-16(23-10-5-4-9-13(23)20-15)22-21-14-11(18)7-6-8-12(14)19/h4-10H,1-3H3. The summed E-state index contributed by atoms with van der Waals surface area (Å²) in [6, 6.07) is 11.1. The minimum atomic E-state index is -0.162. The second kappa shape index (κ2) is 5.95. The van der Waals surface area contributed by atoms with E-state index in [4.69, 9.17) is 23.2 Å². The summed E-state index contributed by atoms with van der Waals surface area (Å²) in [5.41, 5.74) is 2.00. The molecule has 0 unspecified atom stereocenters. The lowest BCUT2D eigenvalue weighted by molar-refractivity contribution is 0.574. The Hall–Kier alpha value is -1.91. The van der Waals surface area contributed by atoms with Crippen molar-refractivity contribution in [2.45, 2.75) is 26.2 Å². The molecule has 0 aliphatic heterocycles. The van der Waals surface area contributed by atoms with E-state index in [0.717, 1.165) is 11.3 Å². The van der Waals surface area contributed by atoms with E-state index in [-0.39, 0.29) is 5.41 Å². The van der Waals surface area contributed by atoms with Crippen molar-refractivity contribution in [3.05, 3.63) is 58.3 Å². The molecule has 2 aromatic heterocycles. The third kappa shape index (κ3) is 3.09. The summed E-state index contributed by atoms with van der Waals surface area (Å²) in [7, 11) is 0. The number of benzene rings is 1. The number of rotatable bonds is 2. The van der Waals surface area contributed by atoms with Crippen LogP contribution in [0.2, 0.25) is 10.0 Å². The molecule has 23 heavy (non-hydrogen) atoms. The van der Waals surface area contributed by atoms with Gasteiger partial charge in [0.15, 0.2) is 5.82 Å². The number of pyridine rings is 1. The molecule has 0 bridgehead atoms. The molecule has 0 aliphatic rings. The quantitative estimate of drug-likeness (QED) is 0.498. The molecule has 2 heterocycles. The maximum atomic E-state index is 6.16. The van der Waals surface area contributed by atoms with Crippen molar-refractivity contribution in [1.82, 2.24) is 9.38 Å². The van der Waals surface area contributed by atoms with Crippen LogP contribution in [0.5, 0.6) is 0 Å². The topological polar surface area (TPSA) is 42.0 Å². The zero-order valence-electron chi connectivity index (χ0n) is 13.1. The summed E-state index contributed by atoms with van der Waals surface area (Å²) in [4.78, 5) is 4.68. The number of hydrogen-bond donors (Lipinski definition) is 0. The molecule has 1 aromatic carbocycles. The van der Waals surface area contributed by atoms with Crippen molar-refractivity contribution in [2.75, 3.05) is 0 Å². The van der Waals surface area contributed by atoms with Crippen LogP contribution in [0.3, 0.4) is 0 Å². The van der Waals surface area contributed by atoms with Crippen LogP contribution in [-0.2, 0) is 5.41 Å². The molecule has 0 saturated carbocycles. The maximum absolute atomic E-state index is 6.16. The molecule has 0 saturated heterocycles. The molecule has 0 aliphatic carbocycles. The van der Waals surface area contributed by atoms with Gasteiger partial charge in [-0.05, 0) is 24.3 Å². The third-order valence-corrected chi connectivity index (χ3v) is 4.01. The molecule has 0 atom stereocenters. The summed E-state index contributed by atoms with van der Waals surface area (Å²) in [5.74, 6) is 0.684. The highest BCUT2D eigenvalue weighted by Crippen LogP contribution is 2.36. The van der Waals surface area contributed by atoms with Crippen LogP contribution in [0.4, 0.5) is 11.5 Å². The molecular formula is C17H16Cl2N4. The lowest BCUT2D eigenvalue weighted by Crippen LogP contribution is -2.11. The Morgan fingerprint density at radius 3 is 2.30 bits per heavy atom. The van der Waals surface area contributed by atoms with Crippen LogP contribution >= 0.6 is 23.2 Å². The largest absolute Gasteiger partial charge is 0.283 e. The molecule has 3 aromatic rings. The average Bonchev–Trinajstić information content (AvgIpc) is 2.86. The first kappa shape index (κ1) is 16.0. The molecule has 0 fully saturated rings. The number of halogens is 2. The second-order valence-electron chi connectivity index (χ2n) is 6.23. The van der Waals surface area contributed by atoms with Gasteiger partial charge >= 0.3 is 0 Å². The minimum absolute atomic E-state index is 0.162. The Bertz CT molecular complexity index is 871. The van der Waals surface area contributed by atoms with Crippen LogP contribution < -0.4 is 0 Å². The molecule has 0 amide bonds. The van der Waals surface area contributed by atoms with Gasteiger partial charge in [-0.1, -0.05) is 56.1 Å². The molecule has 6 heteroatoms. The molecule has 0 radical (unpaired) electrons. The molecule has 0 N–H and O–H groups in total. The van der Waals surface area contributed by atoms with Crippen molar-refractivity contribution in [2.24, 2.45) is 10.2 Å². The van der Waals surface area contributed by atoms with Gasteiger partial charge in [-0.15, -0.1) is 10.2 Å². The third-order valence-electron chi connectivity index (χ3n) is 3.40. The van der Waals surface area contributed by atoms with E-state index in [2.05, 4.69) is 36.0 Å². The number of nitrogens with zero attached hydrogens (tertiary/aromatic N) is 4. The maximum Gasteiger partial charge on any atom is 0.183 e. The van der Waals surface area contributed by atoms with Gasteiger partial charge in [-0.2, -0.15) is 0 Å². The van der Waals surface area contributed by atoms with E-state index in [9.17, 15) is 0 Å². The Morgan fingerprint density at radius 2 is 1.65 bits per heavy atom. The van der Waals surface area contributed by atoms with Crippen molar-refractivity contribution in [3.8, 4) is 0 Å². The first-order valence-electron chi connectivity index (χ1n) is 7.21. The number of hydrogen-bond acceptors (Lipinski definition) is 3. The fraction of sp³-hybridized carbons (Fsp3) is 0.235. The molecule has 3 rings (SSSR count). The highest BCUT2D eigenvalue weighted by molar-refractivity contribution is 6.38. The van der Waals surface area contributed by atoms with Crippen molar-refractivity contribution in [1.29, 1.82) is 0 Å². The van der Waals surface area contributed by atoms with Gasteiger partial charge in [0, 0.05) is 11.6 Å². The summed E-state index contributed by atoms with van der Waals surface area (Å²) >= 11 is 12.3. The summed E-state index contributed by atoms with van der Waals surface area (Å²) in [5, 5.41) is 9.61. The van der Waals surface area contributed by atoms with Gasteiger partial charge < -0.3 is 0 Å². The van der Waals surface area contributed by atoms with E-state index in [1.807, 2.05) is 28.8 Å². The van der Waals surface area contributed by atoms with Crippen molar-refractivity contribution < 1.29 is 0 Å². The Balaban J connectivity index is 2.18. The number of aromatic nitrogens is 2. The SMILES string of the molecule is CC(C)(C)c1nc2ccccn2c1N=Nc1c(Cl)cccc1Cl. The van der Waals surface area contributed by atoms with Crippen molar-refractivity contribution >= 4 is 40.4 Å². The van der Waals surface area contributed by atoms with Gasteiger partial charge in [-0.25, -0.2) is 4.98 Å². The monoisotopic (exact) mass is 346 g/mol. The fourth-order valence-corrected chi connectivity index (χ4v) is 2.74. The predicted octanol–water partition coefficient (Wildman–Crippen LogP) is 6.35. The first-order valence-corrected chi connectivity index (χ1v) is 7.97. The molecule has 0 spiro atoms. The summed E-state index contributed by atoms with van der Waals surface area (Å²) < 4.78 is 1.91. The molecular weight excluding hydrogens is 331 g/mol. The van der Waals surface area contributed by atoms with Crippen LogP contribution in [0.15, 0.2) is 52.8 Å². The predicted molar refractivity (Wildman–Crippen MR) is 94.5 cm³/mol. The van der Waals surface area contributed by atoms with Gasteiger partial charge in [0.2, 0.25) is 0 Å². The highest BCUT2D eigenvalue weighted by Gasteiger charge is 2.24. The Kier molecular flexibility index (Phi) is 4.13. The smallest absolute Gasteiger partial charge is 0.183 e. The van der Waals surface area contributed by atoms with E-state index < -0.39 is 0 Å². The number of imidazole rings is 1. The van der Waals surface area contributed by atoms with Gasteiger partial charge in [0.05, 0.1) is 15.7 Å². The normalized spacial score (nSPS) is 12.4. The summed E-state index contributed by atoms with van der Waals surface area (Å²) in [6.45, 7) is 6.28. The molecule has 118 valence electrons. The van der Waals surface area contributed by atoms with Crippen molar-refractivity contribution in [3.63, 3.8) is 0 Å².